The molecule has 0 N–H and O–H groups in total. The van der Waals surface area contributed by atoms with Crippen molar-refractivity contribution in [2.45, 2.75) is 19.4 Å². The van der Waals surface area contributed by atoms with Gasteiger partial charge in [-0.1, -0.05) is 18.2 Å². The Morgan fingerprint density at radius 3 is 2.96 bits per heavy atom. The lowest BCUT2D eigenvalue weighted by atomic mass is 9.96. The lowest BCUT2D eigenvalue weighted by Crippen LogP contribution is -2.22. The molecular weight excluding hydrogens is 284 g/mol. The molecule has 4 heteroatoms. The average Bonchev–Trinajstić information content (AvgIpc) is 3.18. The number of hydrogen-bond acceptors (Lipinski definition) is 3. The molecule has 1 aliphatic heterocycles. The summed E-state index contributed by atoms with van der Waals surface area (Å²) in [5, 5.41) is 1.30. The van der Waals surface area contributed by atoms with Gasteiger partial charge in [0.05, 0.1) is 12.1 Å². The molecule has 0 amide bonds. The molecule has 4 rings (SSSR count). The highest BCUT2D eigenvalue weighted by atomic mass is 15.2. The molecule has 118 valence electrons. The highest BCUT2D eigenvalue weighted by molar-refractivity contribution is 5.81. The first-order valence-corrected chi connectivity index (χ1v) is 8.31. The van der Waals surface area contributed by atoms with Crippen molar-refractivity contribution in [1.29, 1.82) is 0 Å². The summed E-state index contributed by atoms with van der Waals surface area (Å²) in [4.78, 5) is 11.4. The van der Waals surface area contributed by atoms with Crippen LogP contribution in [0.2, 0.25) is 0 Å². The molecule has 1 aromatic carbocycles. The molecule has 1 atom stereocenters. The van der Waals surface area contributed by atoms with Crippen molar-refractivity contribution in [3.63, 3.8) is 0 Å². The van der Waals surface area contributed by atoms with E-state index in [4.69, 9.17) is 0 Å². The summed E-state index contributed by atoms with van der Waals surface area (Å²) in [6.45, 7) is 3.28. The van der Waals surface area contributed by atoms with Crippen molar-refractivity contribution in [2.75, 3.05) is 13.1 Å². The van der Waals surface area contributed by atoms with E-state index in [1.807, 2.05) is 24.7 Å². The van der Waals surface area contributed by atoms with E-state index < -0.39 is 0 Å². The standard InChI is InChI=1S/C19H22N4/c1-22-11-9-21-19(22)14-23-10-7-15(13-23)12-16-4-2-6-18-17(16)5-3-8-20-18/h2-6,8-9,11,15H,7,10,12-14H2,1H3/t15-/m0/s1. The van der Waals surface area contributed by atoms with Crippen LogP contribution in [0.1, 0.15) is 17.8 Å². The van der Waals surface area contributed by atoms with Gasteiger partial charge in [-0.2, -0.15) is 0 Å². The molecule has 0 bridgehead atoms. The zero-order valence-electron chi connectivity index (χ0n) is 13.5. The maximum absolute atomic E-state index is 4.47. The molecule has 1 saturated heterocycles. The van der Waals surface area contributed by atoms with Crippen molar-refractivity contribution >= 4 is 10.9 Å². The van der Waals surface area contributed by atoms with Gasteiger partial charge in [0.1, 0.15) is 5.82 Å². The third-order valence-corrected chi connectivity index (χ3v) is 4.90. The lowest BCUT2D eigenvalue weighted by molar-refractivity contribution is 0.305. The van der Waals surface area contributed by atoms with Crippen LogP contribution in [0, 0.1) is 5.92 Å². The summed E-state index contributed by atoms with van der Waals surface area (Å²) >= 11 is 0. The maximum atomic E-state index is 4.47. The molecule has 2 aromatic heterocycles. The van der Waals surface area contributed by atoms with Gasteiger partial charge in [0.15, 0.2) is 0 Å². The van der Waals surface area contributed by atoms with Crippen LogP contribution < -0.4 is 0 Å². The fraction of sp³-hybridized carbons (Fsp3) is 0.368. The Balaban J connectivity index is 1.45. The van der Waals surface area contributed by atoms with Gasteiger partial charge < -0.3 is 4.57 Å². The zero-order chi connectivity index (χ0) is 15.6. The van der Waals surface area contributed by atoms with Gasteiger partial charge in [0.25, 0.3) is 0 Å². The number of rotatable bonds is 4. The van der Waals surface area contributed by atoms with E-state index in [2.05, 4.69) is 50.7 Å². The number of hydrogen-bond donors (Lipinski definition) is 0. The fourth-order valence-corrected chi connectivity index (χ4v) is 3.63. The Morgan fingerprint density at radius 1 is 1.13 bits per heavy atom. The predicted octanol–water partition coefficient (Wildman–Crippen LogP) is 3.03. The summed E-state index contributed by atoms with van der Waals surface area (Å²) in [5.74, 6) is 1.88. The van der Waals surface area contributed by atoms with Crippen molar-refractivity contribution in [1.82, 2.24) is 19.4 Å². The summed E-state index contributed by atoms with van der Waals surface area (Å²) in [7, 11) is 2.07. The Labute approximate surface area is 136 Å². The number of aryl methyl sites for hydroxylation is 1. The third kappa shape index (κ3) is 2.99. The van der Waals surface area contributed by atoms with E-state index >= 15 is 0 Å². The second-order valence-electron chi connectivity index (χ2n) is 6.54. The molecule has 0 saturated carbocycles. The fourth-order valence-electron chi connectivity index (χ4n) is 3.63. The normalized spacial score (nSPS) is 18.7. The first-order valence-electron chi connectivity index (χ1n) is 8.31. The monoisotopic (exact) mass is 306 g/mol. The molecule has 23 heavy (non-hydrogen) atoms. The van der Waals surface area contributed by atoms with Crippen LogP contribution >= 0.6 is 0 Å². The van der Waals surface area contributed by atoms with Crippen molar-refractivity contribution < 1.29 is 0 Å². The topological polar surface area (TPSA) is 34.0 Å². The van der Waals surface area contributed by atoms with Gasteiger partial charge in [-0.05, 0) is 43.0 Å². The first-order chi connectivity index (χ1) is 11.3. The molecule has 0 unspecified atom stereocenters. The minimum absolute atomic E-state index is 0.723. The molecule has 4 nitrogen and oxygen atoms in total. The summed E-state index contributed by atoms with van der Waals surface area (Å²) in [5.41, 5.74) is 2.53. The molecule has 0 aliphatic carbocycles. The van der Waals surface area contributed by atoms with Crippen LogP contribution in [-0.4, -0.2) is 32.5 Å². The van der Waals surface area contributed by atoms with Crippen LogP contribution in [0.25, 0.3) is 10.9 Å². The largest absolute Gasteiger partial charge is 0.337 e. The number of imidazole rings is 1. The third-order valence-electron chi connectivity index (χ3n) is 4.90. The second-order valence-corrected chi connectivity index (χ2v) is 6.54. The molecular formula is C19H22N4. The van der Waals surface area contributed by atoms with Gasteiger partial charge in [0.2, 0.25) is 0 Å². The first kappa shape index (κ1) is 14.4. The van der Waals surface area contributed by atoms with Crippen molar-refractivity contribution in [3.8, 4) is 0 Å². The van der Waals surface area contributed by atoms with E-state index in [0.29, 0.717) is 0 Å². The minimum Gasteiger partial charge on any atom is -0.337 e. The van der Waals surface area contributed by atoms with Gasteiger partial charge in [-0.15, -0.1) is 0 Å². The molecule has 0 radical (unpaired) electrons. The van der Waals surface area contributed by atoms with Gasteiger partial charge >= 0.3 is 0 Å². The summed E-state index contributed by atoms with van der Waals surface area (Å²) < 4.78 is 2.11. The highest BCUT2D eigenvalue weighted by Gasteiger charge is 2.24. The molecule has 3 aromatic rings. The predicted molar refractivity (Wildman–Crippen MR) is 92.0 cm³/mol. The highest BCUT2D eigenvalue weighted by Crippen LogP contribution is 2.25. The summed E-state index contributed by atoms with van der Waals surface area (Å²) in [6.07, 6.45) is 8.18. The van der Waals surface area contributed by atoms with Gasteiger partial charge in [-0.3, -0.25) is 9.88 Å². The number of nitrogens with zero attached hydrogens (tertiary/aromatic N) is 4. The quantitative estimate of drug-likeness (QED) is 0.743. The molecule has 0 spiro atoms. The van der Waals surface area contributed by atoms with Crippen LogP contribution in [-0.2, 0) is 20.0 Å². The Morgan fingerprint density at radius 2 is 2.09 bits per heavy atom. The smallest absolute Gasteiger partial charge is 0.122 e. The van der Waals surface area contributed by atoms with Crippen molar-refractivity contribution in [2.24, 2.45) is 13.0 Å². The molecule has 3 heterocycles. The molecule has 1 aliphatic rings. The van der Waals surface area contributed by atoms with Crippen LogP contribution in [0.5, 0.6) is 0 Å². The van der Waals surface area contributed by atoms with Crippen LogP contribution in [0.3, 0.4) is 0 Å². The average molecular weight is 306 g/mol. The van der Waals surface area contributed by atoms with E-state index in [0.717, 1.165) is 36.8 Å². The minimum atomic E-state index is 0.723. The van der Waals surface area contributed by atoms with Crippen LogP contribution in [0.4, 0.5) is 0 Å². The van der Waals surface area contributed by atoms with E-state index in [-0.39, 0.29) is 0 Å². The Bertz CT molecular complexity index is 802. The van der Waals surface area contributed by atoms with Gasteiger partial charge in [-0.25, -0.2) is 4.98 Å². The Kier molecular flexibility index (Phi) is 3.83. The SMILES string of the molecule is Cn1ccnc1CN1CC[C@@H](Cc2cccc3ncccc23)C1. The maximum Gasteiger partial charge on any atom is 0.122 e. The number of benzene rings is 1. The number of aromatic nitrogens is 3. The van der Waals surface area contributed by atoms with E-state index in [1.54, 1.807) is 0 Å². The lowest BCUT2D eigenvalue weighted by Gasteiger charge is -2.16. The molecule has 1 fully saturated rings. The van der Waals surface area contributed by atoms with Crippen molar-refractivity contribution in [3.05, 3.63) is 60.3 Å². The van der Waals surface area contributed by atoms with Gasteiger partial charge in [0, 0.05) is 37.6 Å². The number of likely N-dealkylation sites (tertiary alicyclic amines) is 1. The van der Waals surface area contributed by atoms with E-state index in [1.165, 1.54) is 23.9 Å². The van der Waals surface area contributed by atoms with E-state index in [9.17, 15) is 0 Å². The second kappa shape index (κ2) is 6.13. The number of fused-ring (bicyclic) bond motifs is 1. The Hall–Kier alpha value is -2.20. The zero-order valence-corrected chi connectivity index (χ0v) is 13.5. The number of pyridine rings is 1. The van der Waals surface area contributed by atoms with Crippen LogP contribution in [0.15, 0.2) is 48.9 Å². The summed E-state index contributed by atoms with van der Waals surface area (Å²) in [6, 6.07) is 10.7.